The first-order valence-corrected chi connectivity index (χ1v) is 7.15. The van der Waals surface area contributed by atoms with Crippen LogP contribution in [0.1, 0.15) is 44.3 Å². The number of nitrogens with zero attached hydrogens (tertiary/aromatic N) is 3. The van der Waals surface area contributed by atoms with Crippen molar-refractivity contribution in [1.29, 1.82) is 0 Å². The summed E-state index contributed by atoms with van der Waals surface area (Å²) in [6, 6.07) is 0. The molecule has 0 saturated carbocycles. The Hall–Kier alpha value is -1.65. The van der Waals surface area contributed by atoms with Crippen molar-refractivity contribution in [2.24, 2.45) is 0 Å². The zero-order valence-electron chi connectivity index (χ0n) is 13.1. The highest BCUT2D eigenvalue weighted by Gasteiger charge is 2.22. The van der Waals surface area contributed by atoms with Gasteiger partial charge in [-0.05, 0) is 47.0 Å². The van der Waals surface area contributed by atoms with Crippen molar-refractivity contribution in [3.05, 3.63) is 17.1 Å². The summed E-state index contributed by atoms with van der Waals surface area (Å²) in [7, 11) is 1.92. The van der Waals surface area contributed by atoms with Crippen LogP contribution in [-0.2, 0) is 17.6 Å². The van der Waals surface area contributed by atoms with E-state index in [0.717, 1.165) is 36.6 Å². The Kier molecular flexibility index (Phi) is 3.97. The third-order valence-corrected chi connectivity index (χ3v) is 3.28. The monoisotopic (exact) mass is 276 g/mol. The standard InChI is InChI=1S/C15H24N4O/c1-10-16-12-8-6-7-11(12)14(17-10)19(5)9-13(20)18-15(2,3)4/h6-9H2,1-5H3,(H,18,20). The number of likely N-dealkylation sites (N-methyl/N-ethyl adjacent to an activating group) is 1. The van der Waals surface area contributed by atoms with Crippen LogP contribution in [0, 0.1) is 6.92 Å². The molecule has 5 nitrogen and oxygen atoms in total. The van der Waals surface area contributed by atoms with Gasteiger partial charge in [0.25, 0.3) is 0 Å². The van der Waals surface area contributed by atoms with Crippen molar-refractivity contribution >= 4 is 11.7 Å². The normalized spacial score (nSPS) is 14.1. The molecule has 20 heavy (non-hydrogen) atoms. The van der Waals surface area contributed by atoms with Crippen molar-refractivity contribution in [3.8, 4) is 0 Å². The van der Waals surface area contributed by atoms with E-state index in [2.05, 4.69) is 15.3 Å². The van der Waals surface area contributed by atoms with E-state index in [9.17, 15) is 4.79 Å². The molecule has 0 unspecified atom stereocenters. The number of hydrogen-bond donors (Lipinski definition) is 1. The summed E-state index contributed by atoms with van der Waals surface area (Å²) in [6.07, 6.45) is 3.16. The number of carbonyl (C=O) groups is 1. The van der Waals surface area contributed by atoms with Gasteiger partial charge in [0.15, 0.2) is 0 Å². The second kappa shape index (κ2) is 5.38. The number of aryl methyl sites for hydroxylation is 2. The molecule has 1 aliphatic rings. The Balaban J connectivity index is 2.14. The highest BCUT2D eigenvalue weighted by molar-refractivity contribution is 5.81. The van der Waals surface area contributed by atoms with Gasteiger partial charge < -0.3 is 10.2 Å². The van der Waals surface area contributed by atoms with E-state index >= 15 is 0 Å². The summed E-state index contributed by atoms with van der Waals surface area (Å²) >= 11 is 0. The maximum absolute atomic E-state index is 12.0. The average molecular weight is 276 g/mol. The van der Waals surface area contributed by atoms with Crippen molar-refractivity contribution in [2.75, 3.05) is 18.5 Å². The fourth-order valence-corrected chi connectivity index (χ4v) is 2.60. The van der Waals surface area contributed by atoms with Gasteiger partial charge in [-0.3, -0.25) is 4.79 Å². The Bertz CT molecular complexity index is 519. The molecule has 0 fully saturated rings. The van der Waals surface area contributed by atoms with Gasteiger partial charge in [-0.25, -0.2) is 9.97 Å². The SMILES string of the molecule is Cc1nc2c(c(N(C)CC(=O)NC(C)(C)C)n1)CCC2. The number of hydrogen-bond acceptors (Lipinski definition) is 4. The fraction of sp³-hybridized carbons (Fsp3) is 0.667. The maximum atomic E-state index is 12.0. The first kappa shape index (κ1) is 14.8. The Morgan fingerprint density at radius 3 is 2.65 bits per heavy atom. The predicted molar refractivity (Wildman–Crippen MR) is 80.0 cm³/mol. The van der Waals surface area contributed by atoms with Gasteiger partial charge in [-0.15, -0.1) is 0 Å². The molecular weight excluding hydrogens is 252 g/mol. The zero-order chi connectivity index (χ0) is 14.9. The number of rotatable bonds is 3. The van der Waals surface area contributed by atoms with E-state index in [4.69, 9.17) is 0 Å². The second-order valence-corrected chi connectivity index (χ2v) is 6.53. The average Bonchev–Trinajstić information content (AvgIpc) is 2.72. The fourth-order valence-electron chi connectivity index (χ4n) is 2.60. The van der Waals surface area contributed by atoms with E-state index in [1.165, 1.54) is 5.56 Å². The molecule has 1 aliphatic carbocycles. The highest BCUT2D eigenvalue weighted by Crippen LogP contribution is 2.27. The molecular formula is C15H24N4O. The number of aromatic nitrogens is 2. The van der Waals surface area contributed by atoms with Gasteiger partial charge in [0, 0.05) is 23.8 Å². The molecule has 1 heterocycles. The lowest BCUT2D eigenvalue weighted by atomic mass is 10.1. The molecule has 1 N–H and O–H groups in total. The van der Waals surface area contributed by atoms with Crippen LogP contribution in [0.15, 0.2) is 0 Å². The summed E-state index contributed by atoms with van der Waals surface area (Å²) in [6.45, 7) is 8.18. The van der Waals surface area contributed by atoms with E-state index in [-0.39, 0.29) is 11.4 Å². The number of fused-ring (bicyclic) bond motifs is 1. The van der Waals surface area contributed by atoms with Crippen LogP contribution in [0.5, 0.6) is 0 Å². The number of nitrogens with one attached hydrogen (secondary N) is 1. The molecule has 0 aromatic carbocycles. The Morgan fingerprint density at radius 2 is 2.00 bits per heavy atom. The van der Waals surface area contributed by atoms with Crippen LogP contribution >= 0.6 is 0 Å². The third-order valence-electron chi connectivity index (χ3n) is 3.28. The van der Waals surface area contributed by atoms with Crippen molar-refractivity contribution in [1.82, 2.24) is 15.3 Å². The molecule has 0 saturated heterocycles. The Labute approximate surface area is 120 Å². The molecule has 0 bridgehead atoms. The summed E-state index contributed by atoms with van der Waals surface area (Å²) in [5, 5.41) is 2.98. The zero-order valence-corrected chi connectivity index (χ0v) is 13.1. The molecule has 1 aromatic heterocycles. The van der Waals surface area contributed by atoms with Gasteiger partial charge >= 0.3 is 0 Å². The number of amides is 1. The van der Waals surface area contributed by atoms with Crippen LogP contribution in [0.25, 0.3) is 0 Å². The minimum Gasteiger partial charge on any atom is -0.350 e. The topological polar surface area (TPSA) is 58.1 Å². The van der Waals surface area contributed by atoms with Crippen molar-refractivity contribution in [2.45, 2.75) is 52.5 Å². The van der Waals surface area contributed by atoms with E-state index in [0.29, 0.717) is 6.54 Å². The van der Waals surface area contributed by atoms with Gasteiger partial charge in [-0.1, -0.05) is 0 Å². The summed E-state index contributed by atoms with van der Waals surface area (Å²) in [5.74, 6) is 1.71. The molecule has 0 aliphatic heterocycles. The lowest BCUT2D eigenvalue weighted by molar-refractivity contribution is -0.121. The van der Waals surface area contributed by atoms with Gasteiger partial charge in [0.2, 0.25) is 5.91 Å². The largest absolute Gasteiger partial charge is 0.350 e. The summed E-state index contributed by atoms with van der Waals surface area (Å²) < 4.78 is 0. The minimum absolute atomic E-state index is 0.0167. The highest BCUT2D eigenvalue weighted by atomic mass is 16.2. The lowest BCUT2D eigenvalue weighted by Crippen LogP contribution is -2.45. The summed E-state index contributed by atoms with van der Waals surface area (Å²) in [4.78, 5) is 23.0. The van der Waals surface area contributed by atoms with Gasteiger partial charge in [0.05, 0.1) is 6.54 Å². The molecule has 0 atom stereocenters. The summed E-state index contributed by atoms with van der Waals surface area (Å²) in [5.41, 5.74) is 2.15. The lowest BCUT2D eigenvalue weighted by Gasteiger charge is -2.25. The maximum Gasteiger partial charge on any atom is 0.239 e. The molecule has 1 aromatic rings. The molecule has 1 amide bonds. The van der Waals surface area contributed by atoms with Crippen LogP contribution in [-0.4, -0.2) is 35.0 Å². The third kappa shape index (κ3) is 3.46. The van der Waals surface area contributed by atoms with Crippen LogP contribution < -0.4 is 10.2 Å². The minimum atomic E-state index is -0.207. The quantitative estimate of drug-likeness (QED) is 0.911. The van der Waals surface area contributed by atoms with Crippen LogP contribution in [0.3, 0.4) is 0 Å². The number of anilines is 1. The van der Waals surface area contributed by atoms with E-state index in [1.807, 2.05) is 39.6 Å². The molecule has 0 spiro atoms. The predicted octanol–water partition coefficient (Wildman–Crippen LogP) is 1.62. The van der Waals surface area contributed by atoms with Gasteiger partial charge in [-0.2, -0.15) is 0 Å². The first-order chi connectivity index (χ1) is 9.26. The van der Waals surface area contributed by atoms with E-state index < -0.39 is 0 Å². The van der Waals surface area contributed by atoms with Crippen LogP contribution in [0.4, 0.5) is 5.82 Å². The van der Waals surface area contributed by atoms with Crippen molar-refractivity contribution in [3.63, 3.8) is 0 Å². The van der Waals surface area contributed by atoms with Crippen LogP contribution in [0.2, 0.25) is 0 Å². The van der Waals surface area contributed by atoms with Gasteiger partial charge in [0.1, 0.15) is 11.6 Å². The Morgan fingerprint density at radius 1 is 1.30 bits per heavy atom. The molecule has 110 valence electrons. The number of carbonyl (C=O) groups excluding carboxylic acids is 1. The smallest absolute Gasteiger partial charge is 0.239 e. The second-order valence-electron chi connectivity index (χ2n) is 6.53. The van der Waals surface area contributed by atoms with E-state index in [1.54, 1.807) is 0 Å². The van der Waals surface area contributed by atoms with Crippen molar-refractivity contribution < 1.29 is 4.79 Å². The molecule has 2 rings (SSSR count). The molecule has 5 heteroatoms. The molecule has 0 radical (unpaired) electrons. The first-order valence-electron chi connectivity index (χ1n) is 7.15.